The first-order valence-electron chi connectivity index (χ1n) is 8.75. The number of rotatable bonds is 4. The summed E-state index contributed by atoms with van der Waals surface area (Å²) in [6, 6.07) is 1.97. The van der Waals surface area contributed by atoms with Crippen LogP contribution in [0, 0.1) is 0 Å². The Labute approximate surface area is 153 Å². The molecule has 0 aromatic carbocycles. The minimum Gasteiger partial charge on any atom is -0.444 e. The second-order valence-corrected chi connectivity index (χ2v) is 8.17. The predicted octanol–water partition coefficient (Wildman–Crippen LogP) is 3.13. The van der Waals surface area contributed by atoms with Crippen LogP contribution in [0.15, 0.2) is 12.3 Å². The van der Waals surface area contributed by atoms with Crippen LogP contribution in [0.25, 0.3) is 0 Å². The maximum atomic E-state index is 11.9. The molecule has 1 aromatic rings. The quantitative estimate of drug-likeness (QED) is 0.885. The third kappa shape index (κ3) is 4.55. The molecule has 0 unspecified atom stereocenters. The van der Waals surface area contributed by atoms with E-state index in [1.165, 1.54) is 0 Å². The molecule has 25 heavy (non-hydrogen) atoms. The third-order valence-corrected chi connectivity index (χ3v) is 4.82. The van der Waals surface area contributed by atoms with Gasteiger partial charge in [-0.2, -0.15) is 0 Å². The molecule has 7 heteroatoms. The molecule has 1 saturated carbocycles. The van der Waals surface area contributed by atoms with E-state index in [9.17, 15) is 4.79 Å². The molecular formula is C18H26ClN3O3. The molecule has 1 saturated heterocycles. The smallest absolute Gasteiger partial charge is 0.407 e. The Morgan fingerprint density at radius 1 is 1.40 bits per heavy atom. The summed E-state index contributed by atoms with van der Waals surface area (Å²) in [6.07, 6.45) is 3.40. The lowest BCUT2D eigenvalue weighted by Gasteiger charge is -2.29. The summed E-state index contributed by atoms with van der Waals surface area (Å²) in [4.78, 5) is 18.8. The van der Waals surface area contributed by atoms with Crippen LogP contribution < -0.4 is 10.2 Å². The SMILES string of the molecule is CC(C)(C)OC(=O)NCC1(c2ncc(N3CCOCC3)cc2Cl)CC1. The van der Waals surface area contributed by atoms with Crippen LogP contribution in [0.4, 0.5) is 10.5 Å². The van der Waals surface area contributed by atoms with Crippen LogP contribution >= 0.6 is 11.6 Å². The van der Waals surface area contributed by atoms with Gasteiger partial charge in [-0.1, -0.05) is 11.6 Å². The van der Waals surface area contributed by atoms with Crippen LogP contribution in [0.3, 0.4) is 0 Å². The zero-order valence-corrected chi connectivity index (χ0v) is 15.9. The fourth-order valence-corrected chi connectivity index (χ4v) is 3.38. The van der Waals surface area contributed by atoms with Crippen molar-refractivity contribution >= 4 is 23.4 Å². The number of hydrogen-bond acceptors (Lipinski definition) is 5. The molecule has 0 bridgehead atoms. The number of amides is 1. The van der Waals surface area contributed by atoms with Crippen LogP contribution in [-0.4, -0.2) is 49.5 Å². The van der Waals surface area contributed by atoms with Gasteiger partial charge in [0.25, 0.3) is 0 Å². The number of anilines is 1. The van der Waals surface area contributed by atoms with Gasteiger partial charge in [-0.15, -0.1) is 0 Å². The first kappa shape index (κ1) is 18.3. The molecule has 1 aliphatic carbocycles. The molecular weight excluding hydrogens is 342 g/mol. The van der Waals surface area contributed by atoms with Crippen LogP contribution in [0.5, 0.6) is 0 Å². The average molecular weight is 368 g/mol. The number of pyridine rings is 1. The normalized spacial score (nSPS) is 19.4. The Kier molecular flexibility index (Phi) is 5.11. The highest BCUT2D eigenvalue weighted by molar-refractivity contribution is 6.31. The molecule has 2 heterocycles. The maximum absolute atomic E-state index is 11.9. The number of halogens is 1. The van der Waals surface area contributed by atoms with Gasteiger partial charge >= 0.3 is 6.09 Å². The zero-order chi connectivity index (χ0) is 18.1. The van der Waals surface area contributed by atoms with Crippen molar-refractivity contribution in [3.8, 4) is 0 Å². The van der Waals surface area contributed by atoms with Gasteiger partial charge in [-0.3, -0.25) is 4.98 Å². The molecule has 1 amide bonds. The van der Waals surface area contributed by atoms with Crippen molar-refractivity contribution in [2.24, 2.45) is 0 Å². The zero-order valence-electron chi connectivity index (χ0n) is 15.1. The van der Waals surface area contributed by atoms with Crippen molar-refractivity contribution in [3.63, 3.8) is 0 Å². The van der Waals surface area contributed by atoms with E-state index in [4.69, 9.17) is 21.1 Å². The highest BCUT2D eigenvalue weighted by Crippen LogP contribution is 2.49. The summed E-state index contributed by atoms with van der Waals surface area (Å²) < 4.78 is 10.7. The molecule has 0 radical (unpaired) electrons. The van der Waals surface area contributed by atoms with E-state index in [-0.39, 0.29) is 5.41 Å². The number of aromatic nitrogens is 1. The van der Waals surface area contributed by atoms with Crippen molar-refractivity contribution in [2.75, 3.05) is 37.7 Å². The molecule has 1 N–H and O–H groups in total. The molecule has 0 spiro atoms. The Hall–Kier alpha value is -1.53. The fourth-order valence-electron chi connectivity index (χ4n) is 3.02. The number of morpholine rings is 1. The Morgan fingerprint density at radius 2 is 2.08 bits per heavy atom. The van der Waals surface area contributed by atoms with E-state index < -0.39 is 11.7 Å². The van der Waals surface area contributed by atoms with Gasteiger partial charge < -0.3 is 19.7 Å². The lowest BCUT2D eigenvalue weighted by molar-refractivity contribution is 0.0522. The molecule has 1 aliphatic heterocycles. The van der Waals surface area contributed by atoms with Crippen molar-refractivity contribution < 1.29 is 14.3 Å². The number of hydrogen-bond donors (Lipinski definition) is 1. The minimum absolute atomic E-state index is 0.169. The summed E-state index contributed by atoms with van der Waals surface area (Å²) >= 11 is 6.53. The number of carbonyl (C=O) groups is 1. The van der Waals surface area contributed by atoms with Gasteiger partial charge in [0.1, 0.15) is 5.60 Å². The van der Waals surface area contributed by atoms with Crippen molar-refractivity contribution in [1.82, 2.24) is 10.3 Å². The number of carbonyl (C=O) groups excluding carboxylic acids is 1. The van der Waals surface area contributed by atoms with Crippen LogP contribution in [-0.2, 0) is 14.9 Å². The second kappa shape index (κ2) is 7.00. The van der Waals surface area contributed by atoms with Crippen LogP contribution in [0.1, 0.15) is 39.3 Å². The highest BCUT2D eigenvalue weighted by Gasteiger charge is 2.47. The molecule has 2 fully saturated rings. The standard InChI is InChI=1S/C18H26ClN3O3/c1-17(2,3)25-16(23)21-12-18(4-5-18)15-14(19)10-13(11-20-15)22-6-8-24-9-7-22/h10-11H,4-9,12H2,1-3H3,(H,21,23). The number of alkyl carbamates (subject to hydrolysis) is 1. The molecule has 138 valence electrons. The van der Waals surface area contributed by atoms with Gasteiger partial charge in [0, 0.05) is 25.0 Å². The van der Waals surface area contributed by atoms with Gasteiger partial charge in [0.15, 0.2) is 0 Å². The van der Waals surface area contributed by atoms with E-state index in [0.717, 1.165) is 50.5 Å². The van der Waals surface area contributed by atoms with Gasteiger partial charge in [-0.25, -0.2) is 4.79 Å². The van der Waals surface area contributed by atoms with E-state index in [0.29, 0.717) is 11.6 Å². The van der Waals surface area contributed by atoms with Gasteiger partial charge in [-0.05, 0) is 39.7 Å². The topological polar surface area (TPSA) is 63.7 Å². The maximum Gasteiger partial charge on any atom is 0.407 e. The molecule has 0 atom stereocenters. The second-order valence-electron chi connectivity index (χ2n) is 7.76. The van der Waals surface area contributed by atoms with E-state index >= 15 is 0 Å². The van der Waals surface area contributed by atoms with E-state index in [1.807, 2.05) is 33.0 Å². The largest absolute Gasteiger partial charge is 0.444 e. The number of nitrogens with zero attached hydrogens (tertiary/aromatic N) is 2. The number of ether oxygens (including phenoxy) is 2. The monoisotopic (exact) mass is 367 g/mol. The molecule has 3 rings (SSSR count). The first-order chi connectivity index (χ1) is 11.8. The lowest BCUT2D eigenvalue weighted by atomic mass is 10.0. The molecule has 2 aliphatic rings. The predicted molar refractivity (Wildman–Crippen MR) is 97.4 cm³/mol. The summed E-state index contributed by atoms with van der Waals surface area (Å²) in [7, 11) is 0. The Balaban J connectivity index is 1.65. The van der Waals surface area contributed by atoms with E-state index in [2.05, 4.69) is 15.2 Å². The van der Waals surface area contributed by atoms with E-state index in [1.54, 1.807) is 0 Å². The summed E-state index contributed by atoms with van der Waals surface area (Å²) in [6.45, 7) is 9.19. The first-order valence-corrected chi connectivity index (χ1v) is 9.12. The van der Waals surface area contributed by atoms with Crippen molar-refractivity contribution in [1.29, 1.82) is 0 Å². The Morgan fingerprint density at radius 3 is 2.64 bits per heavy atom. The summed E-state index contributed by atoms with van der Waals surface area (Å²) in [5.41, 5.74) is 1.21. The van der Waals surface area contributed by atoms with Gasteiger partial charge in [0.2, 0.25) is 0 Å². The third-order valence-electron chi connectivity index (χ3n) is 4.53. The fraction of sp³-hybridized carbons (Fsp3) is 0.667. The Bertz CT molecular complexity index is 635. The minimum atomic E-state index is -0.503. The number of nitrogens with one attached hydrogen (secondary N) is 1. The summed E-state index contributed by atoms with van der Waals surface area (Å²) in [5, 5.41) is 3.52. The molecule has 1 aromatic heterocycles. The summed E-state index contributed by atoms with van der Waals surface area (Å²) in [5.74, 6) is 0. The molecule has 6 nitrogen and oxygen atoms in total. The lowest BCUT2D eigenvalue weighted by Crippen LogP contribution is -2.37. The van der Waals surface area contributed by atoms with Crippen molar-refractivity contribution in [2.45, 2.75) is 44.6 Å². The highest BCUT2D eigenvalue weighted by atomic mass is 35.5. The van der Waals surface area contributed by atoms with Crippen molar-refractivity contribution in [3.05, 3.63) is 23.0 Å². The van der Waals surface area contributed by atoms with Crippen LogP contribution in [0.2, 0.25) is 5.02 Å². The average Bonchev–Trinajstić information content (AvgIpc) is 3.33. The van der Waals surface area contributed by atoms with Gasteiger partial charge in [0.05, 0.1) is 35.8 Å².